The smallest absolute Gasteiger partial charge is 0.234 e. The van der Waals surface area contributed by atoms with Crippen LogP contribution in [0.5, 0.6) is 0 Å². The van der Waals surface area contributed by atoms with Gasteiger partial charge in [0.2, 0.25) is 5.91 Å². The van der Waals surface area contributed by atoms with E-state index in [0.29, 0.717) is 0 Å². The monoisotopic (exact) mass is 270 g/mol. The van der Waals surface area contributed by atoms with Crippen LogP contribution in [0, 0.1) is 17.1 Å². The molecular formula is C11H11FN2O3S. The van der Waals surface area contributed by atoms with Gasteiger partial charge in [0.1, 0.15) is 11.6 Å². The first-order valence-electron chi connectivity index (χ1n) is 4.97. The Morgan fingerprint density at radius 3 is 2.67 bits per heavy atom. The molecule has 1 N–H and O–H groups in total. The molecule has 0 aliphatic heterocycles. The predicted octanol–water partition coefficient (Wildman–Crippen LogP) is 0.358. The lowest BCUT2D eigenvalue weighted by atomic mass is 10.1. The SMILES string of the molecule is CNC(=O)CS(=O)(=O)Cc1ccc(C#N)cc1F. The van der Waals surface area contributed by atoms with E-state index in [0.717, 1.165) is 6.07 Å². The molecule has 1 aromatic rings. The van der Waals surface area contributed by atoms with E-state index in [2.05, 4.69) is 5.32 Å². The molecule has 1 amide bonds. The molecule has 96 valence electrons. The number of nitriles is 1. The van der Waals surface area contributed by atoms with Crippen LogP contribution >= 0.6 is 0 Å². The van der Waals surface area contributed by atoms with Gasteiger partial charge in [0.05, 0.1) is 17.4 Å². The summed E-state index contributed by atoms with van der Waals surface area (Å²) in [4.78, 5) is 11.0. The predicted molar refractivity (Wildman–Crippen MR) is 62.7 cm³/mol. The summed E-state index contributed by atoms with van der Waals surface area (Å²) >= 11 is 0. The second-order valence-corrected chi connectivity index (χ2v) is 5.69. The average Bonchev–Trinajstić information content (AvgIpc) is 2.30. The fraction of sp³-hybridized carbons (Fsp3) is 0.273. The molecule has 0 fully saturated rings. The van der Waals surface area contributed by atoms with Crippen LogP contribution in [0.4, 0.5) is 4.39 Å². The maximum atomic E-state index is 13.5. The van der Waals surface area contributed by atoms with Gasteiger partial charge in [0.25, 0.3) is 0 Å². The number of halogens is 1. The molecule has 5 nitrogen and oxygen atoms in total. The molecule has 18 heavy (non-hydrogen) atoms. The van der Waals surface area contributed by atoms with Crippen LogP contribution in [-0.4, -0.2) is 27.1 Å². The van der Waals surface area contributed by atoms with E-state index >= 15 is 0 Å². The van der Waals surface area contributed by atoms with Gasteiger partial charge in [0.15, 0.2) is 9.84 Å². The Kier molecular flexibility index (Phi) is 4.39. The van der Waals surface area contributed by atoms with Crippen molar-refractivity contribution in [3.8, 4) is 6.07 Å². The third-order valence-corrected chi connectivity index (χ3v) is 3.64. The van der Waals surface area contributed by atoms with Gasteiger partial charge in [-0.2, -0.15) is 5.26 Å². The van der Waals surface area contributed by atoms with Gasteiger partial charge in [-0.25, -0.2) is 12.8 Å². The third kappa shape index (κ3) is 3.82. The van der Waals surface area contributed by atoms with Crippen molar-refractivity contribution in [1.29, 1.82) is 5.26 Å². The number of nitrogens with zero attached hydrogens (tertiary/aromatic N) is 1. The lowest BCUT2D eigenvalue weighted by Crippen LogP contribution is -2.27. The number of hydrogen-bond donors (Lipinski definition) is 1. The number of carbonyl (C=O) groups excluding carboxylic acids is 1. The Balaban J connectivity index is 2.92. The van der Waals surface area contributed by atoms with Crippen molar-refractivity contribution in [2.24, 2.45) is 0 Å². The fourth-order valence-corrected chi connectivity index (χ4v) is 2.65. The highest BCUT2D eigenvalue weighted by Gasteiger charge is 2.18. The second kappa shape index (κ2) is 5.60. The lowest BCUT2D eigenvalue weighted by molar-refractivity contribution is -0.118. The summed E-state index contributed by atoms with van der Waals surface area (Å²) in [6.45, 7) is 0. The van der Waals surface area contributed by atoms with Gasteiger partial charge < -0.3 is 5.32 Å². The maximum Gasteiger partial charge on any atom is 0.234 e. The molecule has 0 radical (unpaired) electrons. The Morgan fingerprint density at radius 1 is 1.50 bits per heavy atom. The summed E-state index contributed by atoms with van der Waals surface area (Å²) in [7, 11) is -2.40. The van der Waals surface area contributed by atoms with Gasteiger partial charge >= 0.3 is 0 Å². The minimum absolute atomic E-state index is 0.0575. The van der Waals surface area contributed by atoms with Crippen molar-refractivity contribution in [2.75, 3.05) is 12.8 Å². The van der Waals surface area contributed by atoms with Crippen LogP contribution in [-0.2, 0) is 20.4 Å². The third-order valence-electron chi connectivity index (χ3n) is 2.19. The summed E-state index contributed by atoms with van der Waals surface area (Å²) in [6, 6.07) is 5.27. The molecule has 7 heteroatoms. The molecule has 0 unspecified atom stereocenters. The average molecular weight is 270 g/mol. The van der Waals surface area contributed by atoms with Crippen LogP contribution in [0.15, 0.2) is 18.2 Å². The summed E-state index contributed by atoms with van der Waals surface area (Å²) in [5.41, 5.74) is 0.0536. The number of benzene rings is 1. The summed E-state index contributed by atoms with van der Waals surface area (Å²) < 4.78 is 36.6. The fourth-order valence-electron chi connectivity index (χ4n) is 1.29. The van der Waals surface area contributed by atoms with Crippen molar-refractivity contribution >= 4 is 15.7 Å². The Bertz CT molecular complexity index is 605. The topological polar surface area (TPSA) is 87.0 Å². The molecule has 0 spiro atoms. The zero-order valence-corrected chi connectivity index (χ0v) is 10.4. The molecule has 0 saturated carbocycles. The van der Waals surface area contributed by atoms with Crippen LogP contribution in [0.3, 0.4) is 0 Å². The van der Waals surface area contributed by atoms with Gasteiger partial charge in [-0.15, -0.1) is 0 Å². The first-order chi connectivity index (χ1) is 8.38. The lowest BCUT2D eigenvalue weighted by Gasteiger charge is -2.05. The van der Waals surface area contributed by atoms with E-state index in [-0.39, 0.29) is 11.1 Å². The van der Waals surface area contributed by atoms with E-state index in [1.807, 2.05) is 0 Å². The van der Waals surface area contributed by atoms with E-state index < -0.39 is 33.1 Å². The largest absolute Gasteiger partial charge is 0.358 e. The number of sulfone groups is 1. The maximum absolute atomic E-state index is 13.5. The normalized spacial score (nSPS) is 10.7. The molecule has 1 rings (SSSR count). The molecule has 0 aliphatic rings. The number of nitrogens with one attached hydrogen (secondary N) is 1. The molecule has 0 aliphatic carbocycles. The zero-order valence-electron chi connectivity index (χ0n) is 9.60. The standard InChI is InChI=1S/C11H11FN2O3S/c1-14-11(15)7-18(16,17)6-9-3-2-8(5-13)4-10(9)12/h2-4H,6-7H2,1H3,(H,14,15). The van der Waals surface area contributed by atoms with E-state index in [1.165, 1.54) is 19.2 Å². The minimum atomic E-state index is -3.72. The molecule has 0 aromatic heterocycles. The first-order valence-corrected chi connectivity index (χ1v) is 6.79. The van der Waals surface area contributed by atoms with Crippen LogP contribution in [0.2, 0.25) is 0 Å². The molecular weight excluding hydrogens is 259 g/mol. The van der Waals surface area contributed by atoms with Crippen LogP contribution in [0.1, 0.15) is 11.1 Å². The highest BCUT2D eigenvalue weighted by Crippen LogP contribution is 2.13. The molecule has 0 atom stereocenters. The van der Waals surface area contributed by atoms with E-state index in [1.54, 1.807) is 6.07 Å². The van der Waals surface area contributed by atoms with Gasteiger partial charge in [-0.05, 0) is 12.1 Å². The minimum Gasteiger partial charge on any atom is -0.358 e. The Hall–Kier alpha value is -1.94. The second-order valence-electron chi connectivity index (χ2n) is 3.62. The van der Waals surface area contributed by atoms with Gasteiger partial charge in [-0.1, -0.05) is 6.07 Å². The number of hydrogen-bond acceptors (Lipinski definition) is 4. The summed E-state index contributed by atoms with van der Waals surface area (Å²) in [5.74, 6) is -2.68. The highest BCUT2D eigenvalue weighted by molar-refractivity contribution is 7.91. The van der Waals surface area contributed by atoms with Crippen molar-refractivity contribution in [3.63, 3.8) is 0 Å². The van der Waals surface area contributed by atoms with Gasteiger partial charge in [-0.3, -0.25) is 4.79 Å². The van der Waals surface area contributed by atoms with Crippen molar-refractivity contribution < 1.29 is 17.6 Å². The Labute approximate surface area is 104 Å². The van der Waals surface area contributed by atoms with E-state index in [9.17, 15) is 17.6 Å². The summed E-state index contributed by atoms with van der Waals surface area (Å²) in [5, 5.41) is 10.7. The van der Waals surface area contributed by atoms with Gasteiger partial charge in [0, 0.05) is 12.6 Å². The molecule has 0 saturated heterocycles. The quantitative estimate of drug-likeness (QED) is 0.855. The number of rotatable bonds is 4. The zero-order chi connectivity index (χ0) is 13.8. The van der Waals surface area contributed by atoms with Crippen LogP contribution < -0.4 is 5.32 Å². The molecule has 0 heterocycles. The van der Waals surface area contributed by atoms with Crippen molar-refractivity contribution in [1.82, 2.24) is 5.32 Å². The Morgan fingerprint density at radius 2 is 2.17 bits per heavy atom. The highest BCUT2D eigenvalue weighted by atomic mass is 32.2. The number of carbonyl (C=O) groups is 1. The first kappa shape index (κ1) is 14.1. The van der Waals surface area contributed by atoms with Crippen molar-refractivity contribution in [2.45, 2.75) is 5.75 Å². The number of amides is 1. The summed E-state index contributed by atoms with van der Waals surface area (Å²) in [6.07, 6.45) is 0. The molecule has 1 aromatic carbocycles. The molecule has 0 bridgehead atoms. The van der Waals surface area contributed by atoms with Crippen LogP contribution in [0.25, 0.3) is 0 Å². The van der Waals surface area contributed by atoms with E-state index in [4.69, 9.17) is 5.26 Å². The van der Waals surface area contributed by atoms with Crippen molar-refractivity contribution in [3.05, 3.63) is 35.1 Å².